The molecule has 0 atom stereocenters. The Morgan fingerprint density at radius 3 is 2.31 bits per heavy atom. The second-order valence-corrected chi connectivity index (χ2v) is 7.91. The topological polar surface area (TPSA) is 112 Å². The summed E-state index contributed by atoms with van der Waals surface area (Å²) < 4.78 is 38.9. The van der Waals surface area contributed by atoms with Gasteiger partial charge in [-0.15, -0.1) is 14.8 Å². The van der Waals surface area contributed by atoms with E-state index >= 15 is 0 Å². The molecule has 0 amide bonds. The number of sulfonamides is 1. The Morgan fingerprint density at radius 1 is 0.931 bits per heavy atom. The van der Waals surface area contributed by atoms with E-state index in [1.54, 1.807) is 48.5 Å². The van der Waals surface area contributed by atoms with Gasteiger partial charge in [0.1, 0.15) is 11.5 Å². The van der Waals surface area contributed by atoms with Gasteiger partial charge in [-0.25, -0.2) is 8.42 Å². The van der Waals surface area contributed by atoms with Crippen molar-refractivity contribution >= 4 is 21.4 Å². The normalized spacial score (nSPS) is 11.4. The molecule has 0 spiro atoms. The van der Waals surface area contributed by atoms with E-state index in [0.717, 1.165) is 0 Å². The van der Waals surface area contributed by atoms with Crippen molar-refractivity contribution in [1.82, 2.24) is 25.3 Å². The fraction of sp³-hybridized carbons (Fsp3) is 0.111. The van der Waals surface area contributed by atoms with Crippen LogP contribution < -0.4 is 13.8 Å². The number of ether oxygens (including phenoxy) is 2. The van der Waals surface area contributed by atoms with E-state index in [1.165, 1.54) is 35.2 Å². The minimum atomic E-state index is -3.71. The molecule has 0 saturated carbocycles. The maximum Gasteiger partial charge on any atom is 0.264 e. The first-order valence-electron chi connectivity index (χ1n) is 8.44. The quantitative estimate of drug-likeness (QED) is 0.473. The average molecular weight is 412 g/mol. The van der Waals surface area contributed by atoms with Crippen molar-refractivity contribution in [2.75, 3.05) is 18.5 Å². The Morgan fingerprint density at radius 2 is 1.62 bits per heavy atom. The third-order valence-electron chi connectivity index (χ3n) is 4.19. The fourth-order valence-electron chi connectivity index (χ4n) is 2.58. The molecule has 0 fully saturated rings. The minimum absolute atomic E-state index is 0.167. The summed E-state index contributed by atoms with van der Waals surface area (Å²) in [7, 11) is -0.695. The highest BCUT2D eigenvalue weighted by molar-refractivity contribution is 7.92. The van der Waals surface area contributed by atoms with Crippen LogP contribution >= 0.6 is 0 Å². The van der Waals surface area contributed by atoms with Crippen LogP contribution in [0.3, 0.4) is 0 Å². The van der Waals surface area contributed by atoms with Gasteiger partial charge in [0.2, 0.25) is 5.88 Å². The van der Waals surface area contributed by atoms with Gasteiger partial charge in [-0.2, -0.15) is 0 Å². The molecule has 10 nitrogen and oxygen atoms in total. The molecular weight excluding hydrogens is 396 g/mol. The summed E-state index contributed by atoms with van der Waals surface area (Å²) in [6.45, 7) is 0. The zero-order valence-corrected chi connectivity index (χ0v) is 16.3. The Labute approximate surface area is 166 Å². The number of benzene rings is 2. The van der Waals surface area contributed by atoms with Crippen LogP contribution in [0.2, 0.25) is 0 Å². The SMILES string of the molecule is COc1ccc(S(=O)(=O)N(C)c2ccc(Oc3ccc4nnnn4n3)cc2)cc1. The van der Waals surface area contributed by atoms with Gasteiger partial charge in [0.15, 0.2) is 5.65 Å². The fourth-order valence-corrected chi connectivity index (χ4v) is 3.77. The van der Waals surface area contributed by atoms with Gasteiger partial charge in [-0.3, -0.25) is 4.31 Å². The van der Waals surface area contributed by atoms with E-state index in [-0.39, 0.29) is 4.90 Å². The van der Waals surface area contributed by atoms with Crippen molar-refractivity contribution in [3.8, 4) is 17.4 Å². The van der Waals surface area contributed by atoms with Crippen LogP contribution in [-0.4, -0.2) is 47.8 Å². The summed E-state index contributed by atoms with van der Waals surface area (Å²) in [6.07, 6.45) is 0. The molecule has 0 unspecified atom stereocenters. The largest absolute Gasteiger partial charge is 0.497 e. The first-order valence-corrected chi connectivity index (χ1v) is 9.88. The number of tetrazole rings is 1. The molecule has 0 N–H and O–H groups in total. The van der Waals surface area contributed by atoms with E-state index in [0.29, 0.717) is 28.7 Å². The highest BCUT2D eigenvalue weighted by atomic mass is 32.2. The summed E-state index contributed by atoms with van der Waals surface area (Å²) in [6, 6.07) is 16.1. The predicted molar refractivity (Wildman–Crippen MR) is 104 cm³/mol. The molecule has 4 rings (SSSR count). The molecule has 29 heavy (non-hydrogen) atoms. The van der Waals surface area contributed by atoms with Gasteiger partial charge < -0.3 is 9.47 Å². The van der Waals surface area contributed by atoms with Gasteiger partial charge in [-0.05, 0) is 65.0 Å². The van der Waals surface area contributed by atoms with Crippen molar-refractivity contribution in [1.29, 1.82) is 0 Å². The number of hydrogen-bond donors (Lipinski definition) is 0. The Balaban J connectivity index is 1.52. The third-order valence-corrected chi connectivity index (χ3v) is 5.99. The number of nitrogens with zero attached hydrogens (tertiary/aromatic N) is 6. The standard InChI is InChI=1S/C18H16N6O4S/c1-23(29(25,26)16-9-7-14(27-2)8-10-16)13-3-5-15(6-4-13)28-18-12-11-17-19-21-22-24(17)20-18/h3-12H,1-2H3. The third kappa shape index (κ3) is 3.67. The highest BCUT2D eigenvalue weighted by Gasteiger charge is 2.21. The molecule has 2 aromatic carbocycles. The molecule has 0 aliphatic heterocycles. The molecule has 148 valence electrons. The molecule has 2 aromatic heterocycles. The molecule has 0 radical (unpaired) electrons. The zero-order chi connectivity index (χ0) is 20.4. The first-order chi connectivity index (χ1) is 14.0. The van der Waals surface area contributed by atoms with Crippen LogP contribution in [0.5, 0.6) is 17.4 Å². The van der Waals surface area contributed by atoms with Crippen molar-refractivity contribution in [2.45, 2.75) is 4.90 Å². The Hall–Kier alpha value is -3.73. The maximum absolute atomic E-state index is 12.8. The lowest BCUT2D eigenvalue weighted by Crippen LogP contribution is -2.26. The number of fused-ring (bicyclic) bond motifs is 1. The maximum atomic E-state index is 12.8. The number of rotatable bonds is 6. The summed E-state index contributed by atoms with van der Waals surface area (Å²) in [4.78, 5) is 0.167. The monoisotopic (exact) mass is 412 g/mol. The summed E-state index contributed by atoms with van der Waals surface area (Å²) in [5, 5.41) is 15.1. The van der Waals surface area contributed by atoms with Gasteiger partial charge in [0, 0.05) is 13.1 Å². The van der Waals surface area contributed by atoms with Gasteiger partial charge in [-0.1, -0.05) is 0 Å². The molecular formula is C18H16N6O4S. The van der Waals surface area contributed by atoms with Gasteiger partial charge >= 0.3 is 0 Å². The van der Waals surface area contributed by atoms with E-state index in [9.17, 15) is 8.42 Å². The first kappa shape index (κ1) is 18.6. The van der Waals surface area contributed by atoms with Crippen LogP contribution in [0.15, 0.2) is 65.6 Å². The van der Waals surface area contributed by atoms with Gasteiger partial charge in [0.05, 0.1) is 17.7 Å². The van der Waals surface area contributed by atoms with Crippen molar-refractivity contribution in [3.05, 3.63) is 60.7 Å². The van der Waals surface area contributed by atoms with E-state index in [1.807, 2.05) is 0 Å². The van der Waals surface area contributed by atoms with Gasteiger partial charge in [0.25, 0.3) is 10.0 Å². The van der Waals surface area contributed by atoms with Crippen molar-refractivity contribution in [3.63, 3.8) is 0 Å². The predicted octanol–water partition coefficient (Wildman–Crippen LogP) is 2.15. The molecule has 0 bridgehead atoms. The zero-order valence-electron chi connectivity index (χ0n) is 15.5. The lowest BCUT2D eigenvalue weighted by Gasteiger charge is -2.20. The van der Waals surface area contributed by atoms with Crippen LogP contribution in [0.1, 0.15) is 0 Å². The average Bonchev–Trinajstić information content (AvgIpc) is 3.22. The molecule has 11 heteroatoms. The smallest absolute Gasteiger partial charge is 0.264 e. The molecule has 0 aliphatic rings. The Bertz CT molecular complexity index is 1240. The van der Waals surface area contributed by atoms with E-state index in [2.05, 4.69) is 20.6 Å². The van der Waals surface area contributed by atoms with Crippen molar-refractivity contribution < 1.29 is 17.9 Å². The number of anilines is 1. The molecule has 0 saturated heterocycles. The summed E-state index contributed by atoms with van der Waals surface area (Å²) in [5.74, 6) is 1.38. The molecule has 2 heterocycles. The van der Waals surface area contributed by atoms with E-state index < -0.39 is 10.0 Å². The lowest BCUT2D eigenvalue weighted by molar-refractivity contribution is 0.414. The second kappa shape index (κ2) is 7.36. The summed E-state index contributed by atoms with van der Waals surface area (Å²) >= 11 is 0. The second-order valence-electron chi connectivity index (χ2n) is 5.94. The molecule has 0 aliphatic carbocycles. The molecule has 4 aromatic rings. The highest BCUT2D eigenvalue weighted by Crippen LogP contribution is 2.27. The summed E-state index contributed by atoms with van der Waals surface area (Å²) in [5.41, 5.74) is 0.982. The number of methoxy groups -OCH3 is 1. The minimum Gasteiger partial charge on any atom is -0.497 e. The van der Waals surface area contributed by atoms with Crippen LogP contribution in [0, 0.1) is 0 Å². The van der Waals surface area contributed by atoms with Crippen LogP contribution in [0.4, 0.5) is 5.69 Å². The van der Waals surface area contributed by atoms with Crippen LogP contribution in [0.25, 0.3) is 5.65 Å². The lowest BCUT2D eigenvalue weighted by atomic mass is 10.3. The van der Waals surface area contributed by atoms with E-state index in [4.69, 9.17) is 9.47 Å². The Kier molecular flexibility index (Phi) is 4.72. The van der Waals surface area contributed by atoms with Crippen LogP contribution in [-0.2, 0) is 10.0 Å². The number of aromatic nitrogens is 5. The van der Waals surface area contributed by atoms with Crippen molar-refractivity contribution in [2.24, 2.45) is 0 Å². The number of hydrogen-bond acceptors (Lipinski definition) is 8.